The van der Waals surface area contributed by atoms with Gasteiger partial charge in [0, 0.05) is 40.3 Å². The zero-order valence-corrected chi connectivity index (χ0v) is 14.2. The quantitative estimate of drug-likeness (QED) is 0.723. The third-order valence-corrected chi connectivity index (χ3v) is 5.06. The number of hydrogen-bond donors (Lipinski definition) is 1. The number of hydrogen-bond acceptors (Lipinski definition) is 2. The second-order valence-corrected chi connectivity index (χ2v) is 6.69. The van der Waals surface area contributed by atoms with Gasteiger partial charge in [-0.3, -0.25) is 0 Å². The van der Waals surface area contributed by atoms with Gasteiger partial charge in [0.25, 0.3) is 0 Å². The van der Waals surface area contributed by atoms with Crippen LogP contribution in [0.3, 0.4) is 0 Å². The Hall–Kier alpha value is -1.57. The van der Waals surface area contributed by atoms with Crippen molar-refractivity contribution >= 4 is 45.1 Å². The molecule has 1 fully saturated rings. The number of amides is 1. The minimum atomic E-state index is -0.873. The van der Waals surface area contributed by atoms with Gasteiger partial charge in [0.2, 0.25) is 0 Å². The molecule has 1 N–H and O–H groups in total. The lowest BCUT2D eigenvalue weighted by Gasteiger charge is -2.40. The van der Waals surface area contributed by atoms with Crippen LogP contribution in [0.2, 0.25) is 0 Å². The van der Waals surface area contributed by atoms with E-state index in [0.717, 1.165) is 20.0 Å². The van der Waals surface area contributed by atoms with Crippen LogP contribution in [0.5, 0.6) is 0 Å². The van der Waals surface area contributed by atoms with E-state index in [1.54, 1.807) is 12.1 Å². The van der Waals surface area contributed by atoms with E-state index in [0.29, 0.717) is 19.6 Å². The fourth-order valence-corrected chi connectivity index (χ4v) is 3.63. The number of carboxylic acid groups (broad SMARTS) is 1. The number of rotatable bonds is 1. The molecule has 1 saturated heterocycles. The van der Waals surface area contributed by atoms with Gasteiger partial charge in [-0.15, -0.1) is 0 Å². The van der Waals surface area contributed by atoms with Gasteiger partial charge in [-0.1, -0.05) is 0 Å². The van der Waals surface area contributed by atoms with Gasteiger partial charge in [0.15, 0.2) is 0 Å². The molecule has 0 aromatic heterocycles. The van der Waals surface area contributed by atoms with E-state index in [2.05, 4.69) is 27.5 Å². The van der Waals surface area contributed by atoms with E-state index in [4.69, 9.17) is 5.11 Å². The number of anilines is 1. The van der Waals surface area contributed by atoms with Gasteiger partial charge in [0.1, 0.15) is 5.82 Å². The smallest absolute Gasteiger partial charge is 0.407 e. The lowest BCUT2D eigenvalue weighted by atomic mass is 10.1. The number of nitrogens with zero attached hydrogens (tertiary/aromatic N) is 2. The minimum absolute atomic E-state index is 0.0685. The van der Waals surface area contributed by atoms with E-state index < -0.39 is 6.09 Å². The predicted molar refractivity (Wildman–Crippen MR) is 93.0 cm³/mol. The number of fused-ring (bicyclic) bond motifs is 1. The molecule has 2 aromatic carbocycles. The second kappa shape index (κ2) is 5.91. The predicted octanol–water partition coefficient (Wildman–Crippen LogP) is 3.77. The number of piperazine rings is 1. The molecule has 1 amide bonds. The maximum atomic E-state index is 13.5. The molecule has 4 nitrogen and oxygen atoms in total. The maximum Gasteiger partial charge on any atom is 0.407 e. The standard InChI is InChI=1S/C16H16FIN2O2/c1-10-9-19(6-7-20(10)16(21)22)15-5-4-14(18)13-8-11(17)2-3-12(13)15/h2-5,8,10H,6-7,9H2,1H3,(H,21,22)/t10-/m1/s1. The molecule has 0 bridgehead atoms. The Morgan fingerprint density at radius 2 is 2.05 bits per heavy atom. The zero-order valence-electron chi connectivity index (χ0n) is 12.1. The van der Waals surface area contributed by atoms with Crippen molar-refractivity contribution in [2.75, 3.05) is 24.5 Å². The summed E-state index contributed by atoms with van der Waals surface area (Å²) in [5.74, 6) is -0.244. The summed E-state index contributed by atoms with van der Waals surface area (Å²) in [4.78, 5) is 14.8. The van der Waals surface area contributed by atoms with Gasteiger partial charge in [-0.05, 0) is 65.2 Å². The highest BCUT2D eigenvalue weighted by Gasteiger charge is 2.27. The van der Waals surface area contributed by atoms with Crippen molar-refractivity contribution in [2.24, 2.45) is 0 Å². The second-order valence-electron chi connectivity index (χ2n) is 5.53. The highest BCUT2D eigenvalue weighted by molar-refractivity contribution is 14.1. The fraction of sp³-hybridized carbons (Fsp3) is 0.312. The van der Waals surface area contributed by atoms with E-state index in [1.807, 2.05) is 19.1 Å². The zero-order chi connectivity index (χ0) is 15.9. The van der Waals surface area contributed by atoms with Crippen LogP contribution in [-0.2, 0) is 0 Å². The monoisotopic (exact) mass is 414 g/mol. The summed E-state index contributed by atoms with van der Waals surface area (Å²) in [6.45, 7) is 3.67. The van der Waals surface area contributed by atoms with Crippen LogP contribution in [0.25, 0.3) is 10.8 Å². The van der Waals surface area contributed by atoms with Crippen LogP contribution < -0.4 is 4.90 Å². The lowest BCUT2D eigenvalue weighted by molar-refractivity contribution is 0.123. The van der Waals surface area contributed by atoms with Crippen LogP contribution in [-0.4, -0.2) is 41.8 Å². The number of benzene rings is 2. The van der Waals surface area contributed by atoms with Crippen molar-refractivity contribution in [1.82, 2.24) is 4.90 Å². The molecule has 1 aliphatic rings. The first-order chi connectivity index (χ1) is 10.5. The largest absolute Gasteiger partial charge is 0.465 e. The molecule has 6 heteroatoms. The average Bonchev–Trinajstić information content (AvgIpc) is 2.47. The number of halogens is 2. The number of carbonyl (C=O) groups is 1. The van der Waals surface area contributed by atoms with Crippen molar-refractivity contribution in [3.8, 4) is 0 Å². The maximum absolute atomic E-state index is 13.5. The van der Waals surface area contributed by atoms with Crippen LogP contribution in [0, 0.1) is 9.39 Å². The first kappa shape index (κ1) is 15.3. The summed E-state index contributed by atoms with van der Waals surface area (Å²) in [7, 11) is 0. The van der Waals surface area contributed by atoms with E-state index in [9.17, 15) is 9.18 Å². The Balaban J connectivity index is 1.98. The third-order valence-electron chi connectivity index (χ3n) is 4.12. The van der Waals surface area contributed by atoms with Crippen molar-refractivity contribution in [2.45, 2.75) is 13.0 Å². The summed E-state index contributed by atoms with van der Waals surface area (Å²) >= 11 is 2.21. The summed E-state index contributed by atoms with van der Waals surface area (Å²) in [6.07, 6.45) is -0.873. The summed E-state index contributed by atoms with van der Waals surface area (Å²) in [5.41, 5.74) is 1.03. The molecule has 0 saturated carbocycles. The van der Waals surface area contributed by atoms with E-state index >= 15 is 0 Å². The van der Waals surface area contributed by atoms with Crippen LogP contribution in [0.4, 0.5) is 14.9 Å². The van der Waals surface area contributed by atoms with Gasteiger partial charge < -0.3 is 14.9 Å². The van der Waals surface area contributed by atoms with Crippen molar-refractivity contribution < 1.29 is 14.3 Å². The van der Waals surface area contributed by atoms with Crippen molar-refractivity contribution in [3.63, 3.8) is 0 Å². The highest BCUT2D eigenvalue weighted by atomic mass is 127. The van der Waals surface area contributed by atoms with Crippen LogP contribution in [0.1, 0.15) is 6.92 Å². The Morgan fingerprint density at radius 3 is 2.73 bits per heavy atom. The SMILES string of the molecule is C[C@@H]1CN(c2ccc(I)c3cc(F)ccc23)CCN1C(=O)O. The Labute approximate surface area is 141 Å². The van der Waals surface area contributed by atoms with Gasteiger partial charge in [0.05, 0.1) is 0 Å². The molecule has 22 heavy (non-hydrogen) atoms. The first-order valence-corrected chi connectivity index (χ1v) is 8.17. The van der Waals surface area contributed by atoms with Gasteiger partial charge in [-0.2, -0.15) is 0 Å². The lowest BCUT2D eigenvalue weighted by Crippen LogP contribution is -2.53. The Kier molecular flexibility index (Phi) is 4.12. The summed E-state index contributed by atoms with van der Waals surface area (Å²) in [6, 6.07) is 8.77. The average molecular weight is 414 g/mol. The van der Waals surface area contributed by atoms with Crippen molar-refractivity contribution in [1.29, 1.82) is 0 Å². The topological polar surface area (TPSA) is 43.8 Å². The summed E-state index contributed by atoms with van der Waals surface area (Å²) < 4.78 is 14.5. The Morgan fingerprint density at radius 1 is 1.27 bits per heavy atom. The molecule has 0 radical (unpaired) electrons. The minimum Gasteiger partial charge on any atom is -0.465 e. The van der Waals surface area contributed by atoms with Gasteiger partial charge >= 0.3 is 6.09 Å². The fourth-order valence-electron chi connectivity index (χ4n) is 3.01. The third kappa shape index (κ3) is 2.71. The molecule has 0 spiro atoms. The molecule has 1 heterocycles. The van der Waals surface area contributed by atoms with E-state index in [1.165, 1.54) is 11.0 Å². The van der Waals surface area contributed by atoms with Crippen LogP contribution in [0.15, 0.2) is 30.3 Å². The summed E-state index contributed by atoms with van der Waals surface area (Å²) in [5, 5.41) is 11.1. The molecular weight excluding hydrogens is 398 g/mol. The highest BCUT2D eigenvalue weighted by Crippen LogP contribution is 2.32. The Bertz CT molecular complexity index is 737. The molecule has 3 rings (SSSR count). The molecule has 2 aromatic rings. The first-order valence-electron chi connectivity index (χ1n) is 7.09. The molecule has 116 valence electrons. The normalized spacial score (nSPS) is 18.8. The van der Waals surface area contributed by atoms with Crippen molar-refractivity contribution in [3.05, 3.63) is 39.7 Å². The molecule has 1 atom stereocenters. The van der Waals surface area contributed by atoms with Crippen LogP contribution >= 0.6 is 22.6 Å². The van der Waals surface area contributed by atoms with E-state index in [-0.39, 0.29) is 11.9 Å². The molecule has 1 aliphatic heterocycles. The van der Waals surface area contributed by atoms with Gasteiger partial charge in [-0.25, -0.2) is 9.18 Å². The molecule has 0 unspecified atom stereocenters. The molecule has 0 aliphatic carbocycles. The molecular formula is C16H16FIN2O2.